The second-order valence-corrected chi connectivity index (χ2v) is 17.3. The molecule has 0 amide bonds. The van der Waals surface area contributed by atoms with E-state index >= 15 is 0 Å². The largest absolute Gasteiger partial charge is 0.457 e. The molecule has 0 aromatic carbocycles. The topological polar surface area (TPSA) is 178 Å². The van der Waals surface area contributed by atoms with Crippen LogP contribution in [0.25, 0.3) is 0 Å². The molecule has 384 valence electrons. The van der Waals surface area contributed by atoms with E-state index in [1.165, 1.54) is 0 Å². The Balaban J connectivity index is 2.46. The number of rotatable bonds is 41. The number of unbranched alkanes of at least 4 members (excludes halogenated alkanes) is 6. The van der Waals surface area contributed by atoms with E-state index in [4.69, 9.17) is 18.9 Å². The quantitative estimate of drug-likeness (QED) is 0.0198. The third kappa shape index (κ3) is 37.2. The van der Waals surface area contributed by atoms with E-state index in [1.54, 1.807) is 0 Å². The van der Waals surface area contributed by atoms with Gasteiger partial charge in [0.2, 0.25) is 0 Å². The van der Waals surface area contributed by atoms with Crippen molar-refractivity contribution in [3.63, 3.8) is 0 Å². The molecule has 0 aromatic rings. The molecular formula is C55H86O12S. The number of carbonyl (C=O) groups excluding carboxylic acids is 1. The first-order valence-electron chi connectivity index (χ1n) is 24.9. The van der Waals surface area contributed by atoms with Gasteiger partial charge in [0.05, 0.1) is 19.8 Å². The lowest BCUT2D eigenvalue weighted by atomic mass is 9.99. The summed E-state index contributed by atoms with van der Waals surface area (Å²) in [5, 5.41) is 30.7. The van der Waals surface area contributed by atoms with Crippen molar-refractivity contribution in [1.29, 1.82) is 0 Å². The van der Waals surface area contributed by atoms with Crippen LogP contribution < -0.4 is 0 Å². The van der Waals surface area contributed by atoms with Gasteiger partial charge in [0.25, 0.3) is 0 Å². The molecule has 0 spiro atoms. The number of ether oxygens (including phenoxy) is 4. The normalized spacial score (nSPS) is 20.5. The van der Waals surface area contributed by atoms with Crippen LogP contribution >= 0.6 is 0 Å². The highest BCUT2D eigenvalue weighted by Gasteiger charge is 2.48. The Kier molecular flexibility index (Phi) is 40.7. The molecule has 0 saturated carbocycles. The first kappa shape index (κ1) is 62.3. The first-order chi connectivity index (χ1) is 33.1. The minimum Gasteiger partial charge on any atom is -0.457 e. The van der Waals surface area contributed by atoms with Crippen molar-refractivity contribution in [3.05, 3.63) is 134 Å². The monoisotopic (exact) mass is 971 g/mol. The Bertz CT molecular complexity index is 1690. The Labute approximate surface area is 410 Å². The fourth-order valence-electron chi connectivity index (χ4n) is 6.60. The predicted octanol–water partition coefficient (Wildman–Crippen LogP) is 11.5. The molecule has 1 saturated heterocycles. The Hall–Kier alpha value is -3.76. The van der Waals surface area contributed by atoms with Crippen molar-refractivity contribution in [2.24, 2.45) is 0 Å². The maximum atomic E-state index is 12.9. The summed E-state index contributed by atoms with van der Waals surface area (Å²) in [6, 6.07) is 0. The van der Waals surface area contributed by atoms with Crippen molar-refractivity contribution in [2.75, 3.05) is 26.4 Å². The molecule has 1 aliphatic rings. The van der Waals surface area contributed by atoms with Gasteiger partial charge in [0, 0.05) is 13.0 Å². The van der Waals surface area contributed by atoms with E-state index in [0.29, 0.717) is 13.0 Å². The molecule has 0 aliphatic carbocycles. The molecule has 6 unspecified atom stereocenters. The van der Waals surface area contributed by atoms with Crippen LogP contribution in [0.15, 0.2) is 134 Å². The van der Waals surface area contributed by atoms with Crippen molar-refractivity contribution >= 4 is 16.4 Å². The van der Waals surface area contributed by atoms with Crippen molar-refractivity contribution in [3.8, 4) is 0 Å². The van der Waals surface area contributed by atoms with Gasteiger partial charge < -0.3 is 34.3 Å². The lowest BCUT2D eigenvalue weighted by molar-refractivity contribution is -0.301. The summed E-state index contributed by atoms with van der Waals surface area (Å²) in [5.74, 6) is -0.444. The predicted molar refractivity (Wildman–Crippen MR) is 275 cm³/mol. The summed E-state index contributed by atoms with van der Waals surface area (Å²) in [6.07, 6.45) is 56.3. The van der Waals surface area contributed by atoms with E-state index in [2.05, 4.69) is 152 Å². The second kappa shape index (κ2) is 44.4. The fourth-order valence-corrected chi connectivity index (χ4v) is 7.10. The molecule has 1 rings (SSSR count). The van der Waals surface area contributed by atoms with Crippen molar-refractivity contribution in [1.82, 2.24) is 0 Å². The molecule has 12 nitrogen and oxygen atoms in total. The maximum Gasteiger partial charge on any atom is 0.397 e. The molecule has 6 atom stereocenters. The maximum absolute atomic E-state index is 12.9. The SMILES string of the molecule is CC/C=C\C/C=C\C/C=C\C/C=C\C/C=C\C/C=C\CCCOCC(COC1OC(CO)C(O)C(OS(=O)(=O)O)C1O)OC(=O)CCCCCCC/C=C\C/C=C\C/C=C\C/C=C\C/C=C\CC. The average Bonchev–Trinajstić information content (AvgIpc) is 3.31. The number of aliphatic hydroxyl groups excluding tert-OH is 3. The zero-order chi connectivity index (χ0) is 49.6. The van der Waals surface area contributed by atoms with E-state index in [9.17, 15) is 33.1 Å². The molecule has 0 radical (unpaired) electrons. The summed E-state index contributed by atoms with van der Waals surface area (Å²) >= 11 is 0. The number of aliphatic hydroxyl groups is 3. The molecule has 1 fully saturated rings. The minimum absolute atomic E-state index is 0.0227. The van der Waals surface area contributed by atoms with Gasteiger partial charge in [-0.1, -0.05) is 167 Å². The smallest absolute Gasteiger partial charge is 0.397 e. The lowest BCUT2D eigenvalue weighted by Gasteiger charge is -2.41. The van der Waals surface area contributed by atoms with Gasteiger partial charge in [-0.3, -0.25) is 9.35 Å². The van der Waals surface area contributed by atoms with E-state index in [0.717, 1.165) is 116 Å². The van der Waals surface area contributed by atoms with Gasteiger partial charge >= 0.3 is 16.4 Å². The molecular weight excluding hydrogens is 885 g/mol. The van der Waals surface area contributed by atoms with E-state index in [-0.39, 0.29) is 19.6 Å². The summed E-state index contributed by atoms with van der Waals surface area (Å²) in [7, 11) is -5.09. The van der Waals surface area contributed by atoms with Gasteiger partial charge in [-0.25, -0.2) is 4.18 Å². The van der Waals surface area contributed by atoms with Crippen LogP contribution in [-0.2, 0) is 38.3 Å². The fraction of sp³-hybridized carbons (Fsp3) is 0.582. The third-order valence-corrected chi connectivity index (χ3v) is 10.7. The molecule has 68 heavy (non-hydrogen) atoms. The Morgan fingerprint density at radius 2 is 0.971 bits per heavy atom. The molecule has 1 aliphatic heterocycles. The number of hydrogen-bond acceptors (Lipinski definition) is 11. The first-order valence-corrected chi connectivity index (χ1v) is 26.3. The van der Waals surface area contributed by atoms with Gasteiger partial charge in [-0.2, -0.15) is 8.42 Å². The van der Waals surface area contributed by atoms with Crippen LogP contribution in [0.2, 0.25) is 0 Å². The number of carbonyl (C=O) groups is 1. The van der Waals surface area contributed by atoms with Crippen LogP contribution in [0.3, 0.4) is 0 Å². The Morgan fingerprint density at radius 3 is 1.41 bits per heavy atom. The molecule has 13 heteroatoms. The van der Waals surface area contributed by atoms with Gasteiger partial charge in [-0.05, 0) is 103 Å². The Morgan fingerprint density at radius 1 is 0.559 bits per heavy atom. The lowest BCUT2D eigenvalue weighted by Crippen LogP contribution is -2.60. The number of hydrogen-bond donors (Lipinski definition) is 4. The van der Waals surface area contributed by atoms with Gasteiger partial charge in [-0.15, -0.1) is 0 Å². The summed E-state index contributed by atoms with van der Waals surface area (Å²) in [4.78, 5) is 12.9. The molecule has 1 heterocycles. The average molecular weight is 971 g/mol. The van der Waals surface area contributed by atoms with Crippen molar-refractivity contribution in [2.45, 2.75) is 179 Å². The van der Waals surface area contributed by atoms with Gasteiger partial charge in [0.15, 0.2) is 6.29 Å². The van der Waals surface area contributed by atoms with Crippen LogP contribution in [0.5, 0.6) is 0 Å². The summed E-state index contributed by atoms with van der Waals surface area (Å²) in [5.41, 5.74) is 0. The molecule has 4 N–H and O–H groups in total. The second-order valence-electron chi connectivity index (χ2n) is 16.3. The zero-order valence-electron chi connectivity index (χ0n) is 41.1. The van der Waals surface area contributed by atoms with Crippen molar-refractivity contribution < 1.29 is 56.2 Å². The van der Waals surface area contributed by atoms with E-state index < -0.39 is 59.8 Å². The van der Waals surface area contributed by atoms with Gasteiger partial charge in [0.1, 0.15) is 30.5 Å². The standard InChI is InChI=1S/C55H86O12S/c1-3-5-7-9-11-13-15-17-19-21-23-25-26-28-30-32-34-36-38-40-42-44-51(57)65-49(48-64-55-53(59)54(67-68(60,61)62)52(58)50(46-56)66-55)47-63-45-43-41-39-37-35-33-31-29-27-24-22-20-18-16-14-12-10-8-6-4-2/h5-8,11-14,17-20,23-25,27-28,30-31,33,37,39,49-50,52-56,58-59H,3-4,9-10,15-16,21-22,26,29,32,34-36,38,40-48H2,1-2H3,(H,60,61,62)/b7-5-,8-6-,13-11-,14-12-,19-17-,20-18-,25-23-,27-24-,30-28-,33-31-,39-37-. The third-order valence-electron chi connectivity index (χ3n) is 10.3. The van der Waals surface area contributed by atoms with Crippen LogP contribution in [0.1, 0.15) is 142 Å². The number of esters is 1. The molecule has 0 bridgehead atoms. The van der Waals surface area contributed by atoms with Crippen LogP contribution in [0.4, 0.5) is 0 Å². The highest BCUT2D eigenvalue weighted by molar-refractivity contribution is 7.80. The molecule has 0 aromatic heterocycles. The summed E-state index contributed by atoms with van der Waals surface area (Å²) in [6.45, 7) is 3.55. The number of allylic oxidation sites excluding steroid dienone is 22. The van der Waals surface area contributed by atoms with E-state index in [1.807, 2.05) is 0 Å². The van der Waals surface area contributed by atoms with Crippen LogP contribution in [0, 0.1) is 0 Å². The highest BCUT2D eigenvalue weighted by atomic mass is 32.3. The zero-order valence-corrected chi connectivity index (χ0v) is 41.9. The highest BCUT2D eigenvalue weighted by Crippen LogP contribution is 2.26. The minimum atomic E-state index is -5.09. The summed E-state index contributed by atoms with van der Waals surface area (Å²) < 4.78 is 59.1. The van der Waals surface area contributed by atoms with Crippen LogP contribution in [-0.4, -0.2) is 97.5 Å².